The summed E-state index contributed by atoms with van der Waals surface area (Å²) in [6, 6.07) is 15.2. The van der Waals surface area contributed by atoms with Gasteiger partial charge in [-0.2, -0.15) is 0 Å². The highest BCUT2D eigenvalue weighted by Crippen LogP contribution is 2.27. The Morgan fingerprint density at radius 2 is 1.93 bits per heavy atom. The lowest BCUT2D eigenvalue weighted by Crippen LogP contribution is -2.22. The molecule has 1 N–H and O–H groups in total. The average Bonchev–Trinajstić information content (AvgIpc) is 3.32. The molecule has 2 heterocycles. The van der Waals surface area contributed by atoms with Crippen LogP contribution in [-0.4, -0.2) is 10.9 Å². The lowest BCUT2D eigenvalue weighted by Gasteiger charge is -2.03. The molecule has 0 atom stereocenters. The van der Waals surface area contributed by atoms with Gasteiger partial charge in [-0.05, 0) is 54.4 Å². The second-order valence-electron chi connectivity index (χ2n) is 6.31. The van der Waals surface area contributed by atoms with Gasteiger partial charge < -0.3 is 14.2 Å². The average molecular weight is 396 g/mol. The summed E-state index contributed by atoms with van der Waals surface area (Å²) in [7, 11) is 0. The van der Waals surface area contributed by atoms with E-state index in [4.69, 9.17) is 8.83 Å². The van der Waals surface area contributed by atoms with E-state index in [-0.39, 0.29) is 17.5 Å². The summed E-state index contributed by atoms with van der Waals surface area (Å²) >= 11 is 1.40. The molecule has 1 amide bonds. The van der Waals surface area contributed by atoms with Gasteiger partial charge in [-0.3, -0.25) is 4.79 Å². The molecular formula is C21H17FN2O3S. The van der Waals surface area contributed by atoms with E-state index in [2.05, 4.69) is 10.3 Å². The zero-order valence-corrected chi connectivity index (χ0v) is 15.9. The van der Waals surface area contributed by atoms with Crippen molar-refractivity contribution >= 4 is 28.8 Å². The molecule has 2 aromatic carbocycles. The predicted octanol–water partition coefficient (Wildman–Crippen LogP) is 5.09. The second-order valence-corrected chi connectivity index (χ2v) is 7.24. The van der Waals surface area contributed by atoms with Crippen LogP contribution >= 0.6 is 11.8 Å². The molecular weight excluding hydrogens is 379 g/mol. The maximum absolute atomic E-state index is 12.9. The van der Waals surface area contributed by atoms with Crippen LogP contribution in [0.15, 0.2) is 68.7 Å². The molecule has 0 aliphatic rings. The van der Waals surface area contributed by atoms with E-state index in [0.717, 1.165) is 22.2 Å². The van der Waals surface area contributed by atoms with Crippen LogP contribution in [-0.2, 0) is 12.3 Å². The van der Waals surface area contributed by atoms with Crippen LogP contribution < -0.4 is 5.32 Å². The van der Waals surface area contributed by atoms with Gasteiger partial charge in [0.25, 0.3) is 11.1 Å². The molecule has 7 heteroatoms. The number of carbonyl (C=O) groups is 1. The Bertz CT molecular complexity index is 1120. The summed E-state index contributed by atoms with van der Waals surface area (Å²) in [6.45, 7) is 2.30. The number of benzene rings is 2. The summed E-state index contributed by atoms with van der Waals surface area (Å²) < 4.78 is 24.2. The normalized spacial score (nSPS) is 11.1. The smallest absolute Gasteiger partial charge is 0.287 e. The van der Waals surface area contributed by atoms with Gasteiger partial charge in [-0.1, -0.05) is 30.0 Å². The zero-order chi connectivity index (χ0) is 19.5. The lowest BCUT2D eigenvalue weighted by atomic mass is 10.2. The Hall–Kier alpha value is -3.06. The first kappa shape index (κ1) is 18.3. The molecule has 0 unspecified atom stereocenters. The minimum absolute atomic E-state index is 0.228. The molecule has 2 aromatic heterocycles. The maximum atomic E-state index is 12.9. The fraction of sp³-hybridized carbons (Fsp3) is 0.143. The Kier molecular flexibility index (Phi) is 5.16. The first-order valence-corrected chi connectivity index (χ1v) is 9.67. The lowest BCUT2D eigenvalue weighted by molar-refractivity contribution is 0.0922. The van der Waals surface area contributed by atoms with Gasteiger partial charge in [0.2, 0.25) is 0 Å². The Morgan fingerprint density at radius 3 is 2.75 bits per heavy atom. The van der Waals surface area contributed by atoms with Crippen molar-refractivity contribution in [2.75, 3.05) is 0 Å². The molecule has 0 radical (unpaired) electrons. The number of nitrogens with zero attached hydrogens (tertiary/aromatic N) is 1. The topological polar surface area (TPSA) is 68.3 Å². The van der Waals surface area contributed by atoms with E-state index in [1.54, 1.807) is 24.3 Å². The molecule has 0 saturated carbocycles. The quantitative estimate of drug-likeness (QED) is 0.460. The Morgan fingerprint density at radius 1 is 1.11 bits per heavy atom. The third-order valence-corrected chi connectivity index (χ3v) is 4.96. The van der Waals surface area contributed by atoms with E-state index >= 15 is 0 Å². The number of oxazole rings is 1. The standard InChI is InChI=1S/C21H17FN2O3S/c1-13-2-8-18-17(10-13)24-21(27-18)28-12-16-7-9-19(26-16)20(25)23-11-14-3-5-15(22)6-4-14/h2-10H,11-12H2,1H3,(H,23,25). The number of aromatic nitrogens is 1. The monoisotopic (exact) mass is 396 g/mol. The largest absolute Gasteiger partial charge is 0.455 e. The Balaban J connectivity index is 1.34. The number of carbonyl (C=O) groups excluding carboxylic acids is 1. The van der Waals surface area contributed by atoms with Crippen molar-refractivity contribution in [3.8, 4) is 0 Å². The number of thioether (sulfide) groups is 1. The number of nitrogens with one attached hydrogen (secondary N) is 1. The van der Waals surface area contributed by atoms with E-state index in [0.29, 0.717) is 23.3 Å². The molecule has 0 aliphatic carbocycles. The number of hydrogen-bond acceptors (Lipinski definition) is 5. The van der Waals surface area contributed by atoms with Crippen molar-refractivity contribution in [1.82, 2.24) is 10.3 Å². The molecule has 4 rings (SSSR count). The van der Waals surface area contributed by atoms with Crippen LogP contribution in [0.2, 0.25) is 0 Å². The van der Waals surface area contributed by atoms with Crippen LogP contribution in [0.3, 0.4) is 0 Å². The highest BCUT2D eigenvalue weighted by molar-refractivity contribution is 7.98. The summed E-state index contributed by atoms with van der Waals surface area (Å²) in [6.07, 6.45) is 0. The summed E-state index contributed by atoms with van der Waals surface area (Å²) in [4.78, 5) is 16.7. The van der Waals surface area contributed by atoms with Crippen molar-refractivity contribution in [1.29, 1.82) is 0 Å². The van der Waals surface area contributed by atoms with Crippen molar-refractivity contribution in [3.63, 3.8) is 0 Å². The molecule has 0 fully saturated rings. The van der Waals surface area contributed by atoms with Gasteiger partial charge in [-0.15, -0.1) is 0 Å². The van der Waals surface area contributed by atoms with E-state index in [1.807, 2.05) is 25.1 Å². The van der Waals surface area contributed by atoms with E-state index < -0.39 is 0 Å². The van der Waals surface area contributed by atoms with Crippen molar-refractivity contribution in [2.45, 2.75) is 24.4 Å². The van der Waals surface area contributed by atoms with Crippen LogP contribution in [0.25, 0.3) is 11.1 Å². The SMILES string of the molecule is Cc1ccc2oc(SCc3ccc(C(=O)NCc4ccc(F)cc4)o3)nc2c1. The van der Waals surface area contributed by atoms with Crippen LogP contribution in [0.1, 0.15) is 27.4 Å². The number of hydrogen-bond donors (Lipinski definition) is 1. The van der Waals surface area contributed by atoms with Crippen molar-refractivity contribution in [3.05, 3.63) is 83.1 Å². The molecule has 0 aliphatic heterocycles. The summed E-state index contributed by atoms with van der Waals surface area (Å²) in [5.74, 6) is 0.744. The van der Waals surface area contributed by atoms with Gasteiger partial charge in [0, 0.05) is 6.54 Å². The number of fused-ring (bicyclic) bond motifs is 1. The minimum Gasteiger partial charge on any atom is -0.455 e. The highest BCUT2D eigenvalue weighted by Gasteiger charge is 2.13. The molecule has 142 valence electrons. The van der Waals surface area contributed by atoms with Crippen LogP contribution in [0, 0.1) is 12.7 Å². The number of halogens is 1. The van der Waals surface area contributed by atoms with Crippen LogP contribution in [0.5, 0.6) is 0 Å². The number of amides is 1. The van der Waals surface area contributed by atoms with Gasteiger partial charge in [0.05, 0.1) is 5.75 Å². The fourth-order valence-electron chi connectivity index (χ4n) is 2.66. The molecule has 4 aromatic rings. The molecule has 28 heavy (non-hydrogen) atoms. The van der Waals surface area contributed by atoms with Gasteiger partial charge in [-0.25, -0.2) is 9.37 Å². The minimum atomic E-state index is -0.321. The number of furan rings is 1. The Labute approximate surface area is 164 Å². The number of rotatable bonds is 6. The van der Waals surface area contributed by atoms with E-state index in [1.165, 1.54) is 23.9 Å². The third kappa shape index (κ3) is 4.26. The molecule has 0 saturated heterocycles. The molecule has 5 nitrogen and oxygen atoms in total. The second kappa shape index (κ2) is 7.90. The summed E-state index contributed by atoms with van der Waals surface area (Å²) in [5.41, 5.74) is 3.50. The summed E-state index contributed by atoms with van der Waals surface area (Å²) in [5, 5.41) is 3.31. The molecule has 0 bridgehead atoms. The highest BCUT2D eigenvalue weighted by atomic mass is 32.2. The fourth-order valence-corrected chi connectivity index (χ4v) is 3.39. The van der Waals surface area contributed by atoms with Crippen molar-refractivity contribution < 1.29 is 18.0 Å². The molecule has 0 spiro atoms. The first-order valence-electron chi connectivity index (χ1n) is 8.68. The first-order chi connectivity index (χ1) is 13.6. The van der Waals surface area contributed by atoms with Crippen molar-refractivity contribution in [2.24, 2.45) is 0 Å². The van der Waals surface area contributed by atoms with E-state index in [9.17, 15) is 9.18 Å². The number of aryl methyl sites for hydroxylation is 1. The van der Waals surface area contributed by atoms with Crippen LogP contribution in [0.4, 0.5) is 4.39 Å². The van der Waals surface area contributed by atoms with Gasteiger partial charge in [0.1, 0.15) is 17.1 Å². The third-order valence-electron chi connectivity index (χ3n) is 4.11. The van der Waals surface area contributed by atoms with Gasteiger partial charge in [0.15, 0.2) is 11.3 Å². The predicted molar refractivity (Wildman–Crippen MR) is 105 cm³/mol. The maximum Gasteiger partial charge on any atom is 0.287 e. The zero-order valence-electron chi connectivity index (χ0n) is 15.1. The van der Waals surface area contributed by atoms with Gasteiger partial charge >= 0.3 is 0 Å².